The number of carbonyl (C=O) groups is 1. The molecule has 24 heavy (non-hydrogen) atoms. The Labute approximate surface area is 145 Å². The summed E-state index contributed by atoms with van der Waals surface area (Å²) in [5.41, 5.74) is 0. The lowest BCUT2D eigenvalue weighted by atomic mass is 10.0. The van der Waals surface area contributed by atoms with Gasteiger partial charge in [0, 0.05) is 45.2 Å². The molecule has 134 valence electrons. The maximum atomic E-state index is 12.5. The number of nitrogens with zero attached hydrogens (tertiary/aromatic N) is 5. The van der Waals surface area contributed by atoms with Crippen LogP contribution in [-0.2, 0) is 4.79 Å². The van der Waals surface area contributed by atoms with E-state index >= 15 is 0 Å². The van der Waals surface area contributed by atoms with E-state index in [1.165, 1.54) is 0 Å². The van der Waals surface area contributed by atoms with Gasteiger partial charge >= 0.3 is 0 Å². The van der Waals surface area contributed by atoms with Crippen molar-refractivity contribution in [3.8, 4) is 0 Å². The molecule has 0 spiro atoms. The Hall–Kier alpha value is -1.85. The van der Waals surface area contributed by atoms with E-state index in [1.54, 1.807) is 0 Å². The van der Waals surface area contributed by atoms with Crippen molar-refractivity contribution < 1.29 is 4.79 Å². The van der Waals surface area contributed by atoms with Gasteiger partial charge in [0.2, 0.25) is 5.91 Å². The number of anilines is 2. The summed E-state index contributed by atoms with van der Waals surface area (Å²) in [6, 6.07) is 4.08. The summed E-state index contributed by atoms with van der Waals surface area (Å²) >= 11 is 0. The van der Waals surface area contributed by atoms with Gasteiger partial charge in [0.25, 0.3) is 0 Å². The number of amides is 1. The predicted octanol–water partition coefficient (Wildman–Crippen LogP) is 2.41. The zero-order valence-electron chi connectivity index (χ0n) is 15.5. The van der Waals surface area contributed by atoms with E-state index < -0.39 is 0 Å². The van der Waals surface area contributed by atoms with Crippen molar-refractivity contribution in [2.75, 3.05) is 49.1 Å². The molecule has 0 radical (unpaired) electrons. The van der Waals surface area contributed by atoms with Gasteiger partial charge < -0.3 is 14.7 Å². The van der Waals surface area contributed by atoms with Crippen LogP contribution >= 0.6 is 0 Å². The molecule has 1 fully saturated rings. The zero-order valence-corrected chi connectivity index (χ0v) is 15.5. The highest BCUT2D eigenvalue weighted by Gasteiger charge is 2.26. The van der Waals surface area contributed by atoms with Gasteiger partial charge in [-0.3, -0.25) is 4.79 Å². The van der Waals surface area contributed by atoms with Crippen LogP contribution < -0.4 is 9.80 Å². The third kappa shape index (κ3) is 4.16. The third-order valence-electron chi connectivity index (χ3n) is 4.97. The van der Waals surface area contributed by atoms with Crippen LogP contribution in [0.15, 0.2) is 12.1 Å². The predicted molar refractivity (Wildman–Crippen MR) is 98.5 cm³/mol. The second-order valence-electron chi connectivity index (χ2n) is 6.25. The standard InChI is InChI=1S/C18H31N5O/c1-5-15(6-2)18(24)23-13-11-22(12-14-23)17-10-9-16(19-20-17)21(7-3)8-4/h9-10,15H,5-8,11-14H2,1-4H3. The van der Waals surface area contributed by atoms with E-state index in [2.05, 4.69) is 47.7 Å². The first-order chi connectivity index (χ1) is 11.6. The quantitative estimate of drug-likeness (QED) is 0.767. The van der Waals surface area contributed by atoms with Gasteiger partial charge in [-0.1, -0.05) is 13.8 Å². The van der Waals surface area contributed by atoms with Crippen molar-refractivity contribution in [3.05, 3.63) is 12.1 Å². The van der Waals surface area contributed by atoms with E-state index in [-0.39, 0.29) is 5.92 Å². The minimum Gasteiger partial charge on any atom is -0.356 e. The molecule has 1 aromatic rings. The molecule has 2 heterocycles. The summed E-state index contributed by atoms with van der Waals surface area (Å²) in [7, 11) is 0. The lowest BCUT2D eigenvalue weighted by Crippen LogP contribution is -2.50. The van der Waals surface area contributed by atoms with Gasteiger partial charge in [0.15, 0.2) is 11.6 Å². The largest absolute Gasteiger partial charge is 0.356 e. The fourth-order valence-electron chi connectivity index (χ4n) is 3.26. The molecule has 0 aromatic carbocycles. The molecule has 1 aromatic heterocycles. The van der Waals surface area contributed by atoms with E-state index in [1.807, 2.05) is 17.0 Å². The Kier molecular flexibility index (Phi) is 6.82. The highest BCUT2D eigenvalue weighted by atomic mass is 16.2. The molecule has 1 amide bonds. The molecule has 2 rings (SSSR count). The van der Waals surface area contributed by atoms with Crippen LogP contribution in [0.5, 0.6) is 0 Å². The summed E-state index contributed by atoms with van der Waals surface area (Å²) in [4.78, 5) is 18.9. The number of hydrogen-bond acceptors (Lipinski definition) is 5. The fraction of sp³-hybridized carbons (Fsp3) is 0.722. The smallest absolute Gasteiger partial charge is 0.225 e. The molecule has 1 aliphatic rings. The number of rotatable bonds is 7. The van der Waals surface area contributed by atoms with Crippen molar-refractivity contribution in [3.63, 3.8) is 0 Å². The van der Waals surface area contributed by atoms with Crippen molar-refractivity contribution in [1.82, 2.24) is 15.1 Å². The summed E-state index contributed by atoms with van der Waals surface area (Å²) < 4.78 is 0. The maximum absolute atomic E-state index is 12.5. The Morgan fingerprint density at radius 1 is 1.04 bits per heavy atom. The topological polar surface area (TPSA) is 52.6 Å². The first-order valence-electron chi connectivity index (χ1n) is 9.26. The van der Waals surface area contributed by atoms with Crippen LogP contribution in [0, 0.1) is 5.92 Å². The first kappa shape index (κ1) is 18.5. The highest BCUT2D eigenvalue weighted by Crippen LogP contribution is 2.18. The average molecular weight is 333 g/mol. The molecule has 0 N–H and O–H groups in total. The van der Waals surface area contributed by atoms with Gasteiger partial charge in [0.1, 0.15) is 0 Å². The Bertz CT molecular complexity index is 503. The second kappa shape index (κ2) is 8.85. The van der Waals surface area contributed by atoms with Gasteiger partial charge in [-0.15, -0.1) is 10.2 Å². The lowest BCUT2D eigenvalue weighted by molar-refractivity contribution is -0.136. The normalized spacial score (nSPS) is 15.0. The van der Waals surface area contributed by atoms with E-state index in [9.17, 15) is 4.79 Å². The van der Waals surface area contributed by atoms with Gasteiger partial charge in [-0.05, 0) is 38.8 Å². The molecule has 6 heteroatoms. The summed E-state index contributed by atoms with van der Waals surface area (Å²) in [5.74, 6) is 2.30. The minimum absolute atomic E-state index is 0.171. The zero-order chi connectivity index (χ0) is 17.5. The molecule has 0 bridgehead atoms. The van der Waals surface area contributed by atoms with Crippen molar-refractivity contribution in [1.29, 1.82) is 0 Å². The molecular formula is C18H31N5O. The van der Waals surface area contributed by atoms with Crippen LogP contribution in [0.2, 0.25) is 0 Å². The van der Waals surface area contributed by atoms with Crippen LogP contribution in [0.4, 0.5) is 11.6 Å². The number of carbonyl (C=O) groups excluding carboxylic acids is 1. The second-order valence-corrected chi connectivity index (χ2v) is 6.25. The van der Waals surface area contributed by atoms with Gasteiger partial charge in [0.05, 0.1) is 0 Å². The van der Waals surface area contributed by atoms with E-state index in [0.717, 1.165) is 63.7 Å². The molecule has 0 unspecified atom stereocenters. The lowest BCUT2D eigenvalue weighted by Gasteiger charge is -2.36. The van der Waals surface area contributed by atoms with Crippen LogP contribution in [0.3, 0.4) is 0 Å². The monoisotopic (exact) mass is 333 g/mol. The maximum Gasteiger partial charge on any atom is 0.225 e. The fourth-order valence-corrected chi connectivity index (χ4v) is 3.26. The highest BCUT2D eigenvalue weighted by molar-refractivity contribution is 5.79. The molecule has 0 atom stereocenters. The number of hydrogen-bond donors (Lipinski definition) is 0. The third-order valence-corrected chi connectivity index (χ3v) is 4.97. The van der Waals surface area contributed by atoms with Crippen LogP contribution in [0.1, 0.15) is 40.5 Å². The molecule has 0 aliphatic carbocycles. The Morgan fingerprint density at radius 3 is 2.12 bits per heavy atom. The van der Waals surface area contributed by atoms with Crippen molar-refractivity contribution in [2.24, 2.45) is 5.92 Å². The van der Waals surface area contributed by atoms with E-state index in [0.29, 0.717) is 5.91 Å². The Morgan fingerprint density at radius 2 is 1.67 bits per heavy atom. The molecule has 0 saturated carbocycles. The summed E-state index contributed by atoms with van der Waals surface area (Å²) in [6.45, 7) is 13.5. The minimum atomic E-state index is 0.171. The SMILES string of the molecule is CCC(CC)C(=O)N1CCN(c2ccc(N(CC)CC)nn2)CC1. The number of piperazine rings is 1. The molecule has 1 saturated heterocycles. The van der Waals surface area contributed by atoms with E-state index in [4.69, 9.17) is 0 Å². The van der Waals surface area contributed by atoms with Gasteiger partial charge in [-0.2, -0.15) is 0 Å². The summed E-state index contributed by atoms with van der Waals surface area (Å²) in [6.07, 6.45) is 1.85. The summed E-state index contributed by atoms with van der Waals surface area (Å²) in [5, 5.41) is 8.75. The number of aromatic nitrogens is 2. The molecule has 6 nitrogen and oxygen atoms in total. The van der Waals surface area contributed by atoms with Crippen molar-refractivity contribution >= 4 is 17.5 Å². The first-order valence-corrected chi connectivity index (χ1v) is 9.26. The van der Waals surface area contributed by atoms with Crippen LogP contribution in [0.25, 0.3) is 0 Å². The van der Waals surface area contributed by atoms with Crippen molar-refractivity contribution in [2.45, 2.75) is 40.5 Å². The van der Waals surface area contributed by atoms with Crippen LogP contribution in [-0.4, -0.2) is 60.3 Å². The Balaban J connectivity index is 1.93. The molecule has 1 aliphatic heterocycles. The van der Waals surface area contributed by atoms with Gasteiger partial charge in [-0.25, -0.2) is 0 Å². The average Bonchev–Trinajstić information content (AvgIpc) is 2.64. The molecular weight excluding hydrogens is 302 g/mol.